The van der Waals surface area contributed by atoms with Crippen molar-refractivity contribution in [1.29, 1.82) is 0 Å². The summed E-state index contributed by atoms with van der Waals surface area (Å²) in [6.07, 6.45) is 1.11. The standard InChI is InChI=1S/C4H7FN2O/c1-6-4(5)2-8-3-7-4/h3,6H,2H2,1H3. The van der Waals surface area contributed by atoms with Crippen molar-refractivity contribution >= 4 is 6.40 Å². The van der Waals surface area contributed by atoms with Gasteiger partial charge in [-0.15, -0.1) is 0 Å². The second-order valence-electron chi connectivity index (χ2n) is 1.55. The Morgan fingerprint density at radius 3 is 3.00 bits per heavy atom. The molecule has 1 rings (SSSR count). The number of nitrogens with zero attached hydrogens (tertiary/aromatic N) is 1. The van der Waals surface area contributed by atoms with Gasteiger partial charge in [0.15, 0.2) is 13.0 Å². The molecule has 0 aliphatic carbocycles. The van der Waals surface area contributed by atoms with Crippen molar-refractivity contribution in [1.82, 2.24) is 5.32 Å². The maximum Gasteiger partial charge on any atom is 0.291 e. The normalized spacial score (nSPS) is 35.2. The molecule has 0 saturated carbocycles. The van der Waals surface area contributed by atoms with E-state index in [9.17, 15) is 4.39 Å². The second-order valence-corrected chi connectivity index (χ2v) is 1.55. The number of alkyl halides is 1. The molecule has 0 fully saturated rings. The van der Waals surface area contributed by atoms with Gasteiger partial charge >= 0.3 is 0 Å². The molecule has 1 N–H and O–H groups in total. The van der Waals surface area contributed by atoms with Gasteiger partial charge in [0, 0.05) is 0 Å². The van der Waals surface area contributed by atoms with Gasteiger partial charge < -0.3 is 4.74 Å². The first-order chi connectivity index (χ1) is 3.77. The monoisotopic (exact) mass is 118 g/mol. The van der Waals surface area contributed by atoms with Crippen molar-refractivity contribution in [2.45, 2.75) is 5.92 Å². The molecule has 1 unspecified atom stereocenters. The van der Waals surface area contributed by atoms with E-state index in [1.807, 2.05) is 0 Å². The molecule has 1 aliphatic heterocycles. The first-order valence-corrected chi connectivity index (χ1v) is 2.30. The van der Waals surface area contributed by atoms with Gasteiger partial charge in [-0.25, -0.2) is 4.99 Å². The van der Waals surface area contributed by atoms with Crippen LogP contribution in [0.3, 0.4) is 0 Å². The highest BCUT2D eigenvalue weighted by Crippen LogP contribution is 2.11. The third-order valence-corrected chi connectivity index (χ3v) is 0.990. The Labute approximate surface area is 46.6 Å². The van der Waals surface area contributed by atoms with Crippen molar-refractivity contribution in [2.24, 2.45) is 4.99 Å². The molecule has 1 aliphatic rings. The van der Waals surface area contributed by atoms with Crippen LogP contribution in [-0.4, -0.2) is 26.0 Å². The van der Waals surface area contributed by atoms with Crippen LogP contribution >= 0.6 is 0 Å². The SMILES string of the molecule is CNC1(F)COC=N1. The fraction of sp³-hybridized carbons (Fsp3) is 0.750. The van der Waals surface area contributed by atoms with Gasteiger partial charge in [0.25, 0.3) is 5.92 Å². The van der Waals surface area contributed by atoms with Crippen molar-refractivity contribution < 1.29 is 9.13 Å². The van der Waals surface area contributed by atoms with E-state index in [4.69, 9.17) is 0 Å². The second kappa shape index (κ2) is 1.70. The number of nitrogens with one attached hydrogen (secondary N) is 1. The fourth-order valence-corrected chi connectivity index (χ4v) is 0.442. The quantitative estimate of drug-likeness (QED) is 0.487. The molecule has 0 amide bonds. The van der Waals surface area contributed by atoms with E-state index < -0.39 is 5.92 Å². The smallest absolute Gasteiger partial charge is 0.291 e. The van der Waals surface area contributed by atoms with E-state index in [1.165, 1.54) is 7.05 Å². The van der Waals surface area contributed by atoms with Crippen molar-refractivity contribution in [2.75, 3.05) is 13.7 Å². The summed E-state index contributed by atoms with van der Waals surface area (Å²) < 4.78 is 17.1. The van der Waals surface area contributed by atoms with Crippen molar-refractivity contribution in [3.05, 3.63) is 0 Å². The van der Waals surface area contributed by atoms with Gasteiger partial charge in [0.05, 0.1) is 0 Å². The molecule has 1 heterocycles. The Hall–Kier alpha value is -0.640. The maximum atomic E-state index is 12.6. The third-order valence-electron chi connectivity index (χ3n) is 0.990. The van der Waals surface area contributed by atoms with Gasteiger partial charge in [0.1, 0.15) is 0 Å². The molecule has 3 nitrogen and oxygen atoms in total. The van der Waals surface area contributed by atoms with E-state index >= 15 is 0 Å². The van der Waals surface area contributed by atoms with Gasteiger partial charge in [0.2, 0.25) is 0 Å². The number of likely N-dealkylation sites (N-methyl/N-ethyl adjacent to an activating group) is 1. The molecule has 0 aromatic heterocycles. The largest absolute Gasteiger partial charge is 0.476 e. The molecule has 0 saturated heterocycles. The summed E-state index contributed by atoms with van der Waals surface area (Å²) in [4.78, 5) is 3.36. The summed E-state index contributed by atoms with van der Waals surface area (Å²) in [5.74, 6) is -1.67. The van der Waals surface area contributed by atoms with Crippen LogP contribution in [0.15, 0.2) is 4.99 Å². The lowest BCUT2D eigenvalue weighted by Gasteiger charge is -2.10. The molecule has 0 bridgehead atoms. The molecule has 8 heavy (non-hydrogen) atoms. The number of hydrogen-bond donors (Lipinski definition) is 1. The predicted octanol–water partition coefficient (Wildman–Crippen LogP) is -0.112. The molecular weight excluding hydrogens is 111 g/mol. The molecule has 4 heteroatoms. The van der Waals surface area contributed by atoms with Crippen LogP contribution in [0.5, 0.6) is 0 Å². The first-order valence-electron chi connectivity index (χ1n) is 2.30. The number of hydrogen-bond acceptors (Lipinski definition) is 3. The average Bonchev–Trinajstić information content (AvgIpc) is 2.17. The molecule has 0 aromatic rings. The zero-order valence-corrected chi connectivity index (χ0v) is 4.52. The molecular formula is C4H7FN2O. The molecule has 1 atom stereocenters. The van der Waals surface area contributed by atoms with Gasteiger partial charge in [-0.05, 0) is 7.05 Å². The van der Waals surface area contributed by atoms with E-state index in [0.717, 1.165) is 6.40 Å². The van der Waals surface area contributed by atoms with Crippen LogP contribution in [0, 0.1) is 0 Å². The maximum absolute atomic E-state index is 12.6. The van der Waals surface area contributed by atoms with E-state index in [2.05, 4.69) is 15.0 Å². The van der Waals surface area contributed by atoms with Crippen LogP contribution in [0.4, 0.5) is 4.39 Å². The average molecular weight is 118 g/mol. The highest BCUT2D eigenvalue weighted by atomic mass is 19.1. The molecule has 0 radical (unpaired) electrons. The van der Waals surface area contributed by atoms with E-state index in [0.29, 0.717) is 0 Å². The van der Waals surface area contributed by atoms with Crippen LogP contribution in [0.25, 0.3) is 0 Å². The van der Waals surface area contributed by atoms with Gasteiger partial charge in [-0.3, -0.25) is 5.32 Å². The summed E-state index contributed by atoms with van der Waals surface area (Å²) in [5.41, 5.74) is 0. The highest BCUT2D eigenvalue weighted by Gasteiger charge is 2.29. The van der Waals surface area contributed by atoms with E-state index in [-0.39, 0.29) is 6.61 Å². The van der Waals surface area contributed by atoms with Crippen molar-refractivity contribution in [3.63, 3.8) is 0 Å². The lowest BCUT2D eigenvalue weighted by molar-refractivity contribution is 0.0945. The van der Waals surface area contributed by atoms with Crippen molar-refractivity contribution in [3.8, 4) is 0 Å². The minimum absolute atomic E-state index is 0.0243. The fourth-order valence-electron chi connectivity index (χ4n) is 0.442. The van der Waals surface area contributed by atoms with Crippen LogP contribution < -0.4 is 5.32 Å². The summed E-state index contributed by atoms with van der Waals surface area (Å²) in [6.45, 7) is -0.0243. The number of halogens is 1. The third kappa shape index (κ3) is 0.790. The van der Waals surface area contributed by atoms with Gasteiger partial charge in [-0.1, -0.05) is 0 Å². The van der Waals surface area contributed by atoms with E-state index in [1.54, 1.807) is 0 Å². The number of aliphatic imine (C=N–C) groups is 1. The summed E-state index contributed by atoms with van der Waals surface area (Å²) in [7, 11) is 1.49. The topological polar surface area (TPSA) is 33.6 Å². The minimum atomic E-state index is -1.67. The lowest BCUT2D eigenvalue weighted by Crippen LogP contribution is -2.37. The predicted molar refractivity (Wildman–Crippen MR) is 27.3 cm³/mol. The number of rotatable bonds is 1. The summed E-state index contributed by atoms with van der Waals surface area (Å²) >= 11 is 0. The molecule has 0 spiro atoms. The molecule has 0 aromatic carbocycles. The Balaban J connectivity index is 2.54. The lowest BCUT2D eigenvalue weighted by atomic mass is 10.5. The summed E-state index contributed by atoms with van der Waals surface area (Å²) in [5, 5.41) is 2.35. The summed E-state index contributed by atoms with van der Waals surface area (Å²) in [6, 6.07) is 0. The van der Waals surface area contributed by atoms with Crippen LogP contribution in [-0.2, 0) is 4.74 Å². The number of ether oxygens (including phenoxy) is 1. The molecule has 46 valence electrons. The minimum Gasteiger partial charge on any atom is -0.476 e. The Kier molecular flexibility index (Phi) is 1.17. The zero-order chi connectivity index (χ0) is 6.04. The van der Waals surface area contributed by atoms with Gasteiger partial charge in [-0.2, -0.15) is 4.39 Å². The Morgan fingerprint density at radius 2 is 2.75 bits per heavy atom. The highest BCUT2D eigenvalue weighted by molar-refractivity contribution is 5.49. The Morgan fingerprint density at radius 1 is 2.00 bits per heavy atom. The Bertz CT molecular complexity index is 117. The van der Waals surface area contributed by atoms with Crippen LogP contribution in [0.2, 0.25) is 0 Å². The first kappa shape index (κ1) is 5.50. The van der Waals surface area contributed by atoms with Crippen LogP contribution in [0.1, 0.15) is 0 Å². The zero-order valence-electron chi connectivity index (χ0n) is 4.52.